The smallest absolute Gasteiger partial charge is 0.279 e. The van der Waals surface area contributed by atoms with Crippen molar-refractivity contribution in [3.8, 4) is 11.4 Å². The molecule has 0 aliphatic carbocycles. The van der Waals surface area contributed by atoms with Crippen LogP contribution in [0.15, 0.2) is 53.7 Å². The van der Waals surface area contributed by atoms with E-state index in [9.17, 15) is 8.42 Å². The summed E-state index contributed by atoms with van der Waals surface area (Å²) in [6.45, 7) is 3.47. The highest BCUT2D eigenvalue weighted by atomic mass is 32.2. The zero-order valence-corrected chi connectivity index (χ0v) is 18.8. The van der Waals surface area contributed by atoms with Crippen molar-refractivity contribution in [3.05, 3.63) is 54.4 Å². The highest BCUT2D eigenvalue weighted by Gasteiger charge is 2.16. The molecular formula is C21H24N8O2S. The fraction of sp³-hybridized carbons (Fsp3) is 0.238. The van der Waals surface area contributed by atoms with Gasteiger partial charge in [0.05, 0.1) is 11.1 Å². The lowest BCUT2D eigenvalue weighted by atomic mass is 10.2. The number of H-pyrrole nitrogens is 1. The SMILES string of the molecule is Cc1n[nH]c2nc(-c3ccc(NS(=O)(=O)c4ccccn4)cc3)nc(NCCN(C)C)c12. The summed E-state index contributed by atoms with van der Waals surface area (Å²) in [7, 11) is 0.258. The molecule has 0 radical (unpaired) electrons. The van der Waals surface area contributed by atoms with Gasteiger partial charge in [-0.25, -0.2) is 15.0 Å². The summed E-state index contributed by atoms with van der Waals surface area (Å²) in [5.41, 5.74) is 2.62. The highest BCUT2D eigenvalue weighted by molar-refractivity contribution is 7.92. The molecule has 32 heavy (non-hydrogen) atoms. The lowest BCUT2D eigenvalue weighted by Gasteiger charge is -2.13. The highest BCUT2D eigenvalue weighted by Crippen LogP contribution is 2.27. The number of anilines is 2. The molecule has 4 rings (SSSR count). The Kier molecular flexibility index (Phi) is 6.01. The summed E-state index contributed by atoms with van der Waals surface area (Å²) in [4.78, 5) is 15.3. The molecule has 1 aromatic carbocycles. The molecule has 10 nitrogen and oxygen atoms in total. The zero-order valence-electron chi connectivity index (χ0n) is 18.0. The second-order valence-corrected chi connectivity index (χ2v) is 9.14. The Hall–Kier alpha value is -3.57. The van der Waals surface area contributed by atoms with E-state index in [-0.39, 0.29) is 5.03 Å². The van der Waals surface area contributed by atoms with Gasteiger partial charge in [0, 0.05) is 30.5 Å². The topological polar surface area (TPSA) is 129 Å². The number of sulfonamides is 1. The van der Waals surface area contributed by atoms with Crippen LogP contribution < -0.4 is 10.0 Å². The first-order valence-corrected chi connectivity index (χ1v) is 11.5. The predicted octanol–water partition coefficient (Wildman–Crippen LogP) is 2.50. The van der Waals surface area contributed by atoms with Crippen LogP contribution in [0.5, 0.6) is 0 Å². The molecule has 0 aliphatic rings. The Bertz CT molecular complexity index is 1320. The molecule has 3 heterocycles. The molecule has 3 aromatic heterocycles. The molecule has 0 aliphatic heterocycles. The van der Waals surface area contributed by atoms with Gasteiger partial charge in [-0.1, -0.05) is 6.07 Å². The van der Waals surface area contributed by atoms with Crippen LogP contribution in [-0.2, 0) is 10.0 Å². The number of aryl methyl sites for hydroxylation is 1. The number of fused-ring (bicyclic) bond motifs is 1. The number of nitrogens with zero attached hydrogens (tertiary/aromatic N) is 5. The van der Waals surface area contributed by atoms with Crippen LogP contribution in [0.3, 0.4) is 0 Å². The van der Waals surface area contributed by atoms with Gasteiger partial charge in [-0.2, -0.15) is 13.5 Å². The van der Waals surface area contributed by atoms with Crippen molar-refractivity contribution in [2.24, 2.45) is 0 Å². The fourth-order valence-electron chi connectivity index (χ4n) is 3.13. The minimum absolute atomic E-state index is 0.0408. The van der Waals surface area contributed by atoms with E-state index in [4.69, 9.17) is 4.98 Å². The van der Waals surface area contributed by atoms with Crippen molar-refractivity contribution in [1.29, 1.82) is 0 Å². The van der Waals surface area contributed by atoms with Crippen LogP contribution in [0.1, 0.15) is 5.69 Å². The maximum Gasteiger partial charge on any atom is 0.279 e. The van der Waals surface area contributed by atoms with Crippen molar-refractivity contribution in [1.82, 2.24) is 30.0 Å². The molecular weight excluding hydrogens is 428 g/mol. The summed E-state index contributed by atoms with van der Waals surface area (Å²) in [6.07, 6.45) is 1.44. The summed E-state index contributed by atoms with van der Waals surface area (Å²) in [6, 6.07) is 11.6. The van der Waals surface area contributed by atoms with Gasteiger partial charge in [-0.05, 0) is 57.4 Å². The molecule has 166 valence electrons. The molecule has 0 fully saturated rings. The second kappa shape index (κ2) is 8.89. The molecule has 4 aromatic rings. The maximum absolute atomic E-state index is 12.5. The van der Waals surface area contributed by atoms with E-state index in [0.717, 1.165) is 29.7 Å². The van der Waals surface area contributed by atoms with Gasteiger partial charge < -0.3 is 10.2 Å². The van der Waals surface area contributed by atoms with E-state index < -0.39 is 10.0 Å². The van der Waals surface area contributed by atoms with Crippen molar-refractivity contribution in [3.63, 3.8) is 0 Å². The molecule has 11 heteroatoms. The number of hydrogen-bond donors (Lipinski definition) is 3. The van der Waals surface area contributed by atoms with Crippen molar-refractivity contribution >= 4 is 32.6 Å². The quantitative estimate of drug-likeness (QED) is 0.372. The van der Waals surface area contributed by atoms with Crippen molar-refractivity contribution in [2.75, 3.05) is 37.2 Å². The molecule has 0 saturated carbocycles. The Morgan fingerprint density at radius 3 is 2.53 bits per heavy atom. The van der Waals surface area contributed by atoms with Crippen LogP contribution in [-0.4, -0.2) is 65.7 Å². The average molecular weight is 453 g/mol. The standard InChI is InChI=1S/C21H24N8O2S/c1-14-18-20(23-12-13-29(2)3)24-19(25-21(18)27-26-14)15-7-9-16(10-8-15)28-32(30,31)17-6-4-5-11-22-17/h4-11,28H,12-13H2,1-3H3,(H2,23,24,25,26,27). The van der Waals surface area contributed by atoms with Crippen LogP contribution in [0.4, 0.5) is 11.5 Å². The lowest BCUT2D eigenvalue weighted by Crippen LogP contribution is -2.21. The third-order valence-corrected chi connectivity index (χ3v) is 6.06. The number of aromatic nitrogens is 5. The van der Waals surface area contributed by atoms with E-state index in [2.05, 4.69) is 35.1 Å². The number of benzene rings is 1. The second-order valence-electron chi connectivity index (χ2n) is 7.51. The van der Waals surface area contributed by atoms with E-state index >= 15 is 0 Å². The largest absolute Gasteiger partial charge is 0.368 e. The van der Waals surface area contributed by atoms with Crippen LogP contribution >= 0.6 is 0 Å². The van der Waals surface area contributed by atoms with E-state index in [1.54, 1.807) is 36.4 Å². The zero-order chi connectivity index (χ0) is 22.7. The monoisotopic (exact) mass is 452 g/mol. The van der Waals surface area contributed by atoms with E-state index in [0.29, 0.717) is 23.0 Å². The summed E-state index contributed by atoms with van der Waals surface area (Å²) in [5, 5.41) is 11.4. The van der Waals surface area contributed by atoms with Gasteiger partial charge in [0.2, 0.25) is 0 Å². The number of hydrogen-bond acceptors (Lipinski definition) is 8. The third-order valence-electron chi connectivity index (χ3n) is 4.76. The predicted molar refractivity (Wildman–Crippen MR) is 124 cm³/mol. The summed E-state index contributed by atoms with van der Waals surface area (Å²) >= 11 is 0. The van der Waals surface area contributed by atoms with E-state index in [1.807, 2.05) is 21.0 Å². The first kappa shape index (κ1) is 21.7. The van der Waals surface area contributed by atoms with Gasteiger partial charge in [0.25, 0.3) is 10.0 Å². The Labute approximate surface area is 186 Å². The molecule has 0 atom stereocenters. The lowest BCUT2D eigenvalue weighted by molar-refractivity contribution is 0.425. The number of rotatable bonds is 8. The fourth-order valence-corrected chi connectivity index (χ4v) is 4.14. The molecule has 0 saturated heterocycles. The van der Waals surface area contributed by atoms with Crippen LogP contribution in [0.2, 0.25) is 0 Å². The molecule has 0 bridgehead atoms. The third kappa shape index (κ3) is 4.68. The van der Waals surface area contributed by atoms with Crippen LogP contribution in [0, 0.1) is 6.92 Å². The first-order chi connectivity index (χ1) is 15.3. The van der Waals surface area contributed by atoms with Crippen LogP contribution in [0.25, 0.3) is 22.4 Å². The van der Waals surface area contributed by atoms with Gasteiger partial charge in [-0.15, -0.1) is 0 Å². The van der Waals surface area contributed by atoms with Gasteiger partial charge in [0.1, 0.15) is 5.82 Å². The van der Waals surface area contributed by atoms with E-state index in [1.165, 1.54) is 12.3 Å². The van der Waals surface area contributed by atoms with Crippen molar-refractivity contribution in [2.45, 2.75) is 11.9 Å². The minimum Gasteiger partial charge on any atom is -0.368 e. The number of pyridine rings is 1. The number of likely N-dealkylation sites (N-methyl/N-ethyl adjacent to an activating group) is 1. The Balaban J connectivity index is 1.60. The normalized spacial score (nSPS) is 11.8. The maximum atomic E-state index is 12.5. The van der Waals surface area contributed by atoms with Gasteiger partial charge >= 0.3 is 0 Å². The Morgan fingerprint density at radius 2 is 1.84 bits per heavy atom. The van der Waals surface area contributed by atoms with Gasteiger partial charge in [-0.3, -0.25) is 9.82 Å². The first-order valence-electron chi connectivity index (χ1n) is 9.99. The number of aromatic amines is 1. The molecule has 0 spiro atoms. The van der Waals surface area contributed by atoms with Crippen molar-refractivity contribution < 1.29 is 8.42 Å². The summed E-state index contributed by atoms with van der Waals surface area (Å²) in [5.74, 6) is 1.21. The Morgan fingerprint density at radius 1 is 1.06 bits per heavy atom. The van der Waals surface area contributed by atoms with Gasteiger partial charge in [0.15, 0.2) is 16.5 Å². The molecule has 0 amide bonds. The number of nitrogens with one attached hydrogen (secondary N) is 3. The molecule has 3 N–H and O–H groups in total. The summed E-state index contributed by atoms with van der Waals surface area (Å²) < 4.78 is 27.5. The minimum atomic E-state index is -3.76. The molecule has 0 unspecified atom stereocenters. The average Bonchev–Trinajstić information content (AvgIpc) is 3.15.